The first kappa shape index (κ1) is 17.0. The van der Waals surface area contributed by atoms with Gasteiger partial charge in [0.05, 0.1) is 0 Å². The molecule has 1 heterocycles. The summed E-state index contributed by atoms with van der Waals surface area (Å²) >= 11 is 0. The van der Waals surface area contributed by atoms with E-state index in [1.54, 1.807) is 6.92 Å². The van der Waals surface area contributed by atoms with Crippen molar-refractivity contribution in [2.45, 2.75) is 40.2 Å². The molecule has 2 heteroatoms. The molecule has 0 aliphatic carbocycles. The first-order valence-corrected chi connectivity index (χ1v) is 8.34. The molecule has 0 bridgehead atoms. The Bertz CT molecular complexity index is 756. The van der Waals surface area contributed by atoms with Gasteiger partial charge >= 0.3 is 0 Å². The van der Waals surface area contributed by atoms with Gasteiger partial charge in [-0.2, -0.15) is 0 Å². The summed E-state index contributed by atoms with van der Waals surface area (Å²) in [4.78, 5) is 11.3. The lowest BCUT2D eigenvalue weighted by Gasteiger charge is -2.10. The highest BCUT2D eigenvalue weighted by atomic mass is 16.1. The molecular formula is C21H25NO. The maximum absolute atomic E-state index is 11.3. The number of aryl methyl sites for hydroxylation is 1. The summed E-state index contributed by atoms with van der Waals surface area (Å²) < 4.78 is 2.33. The van der Waals surface area contributed by atoms with Gasteiger partial charge < -0.3 is 9.36 Å². The Morgan fingerprint density at radius 1 is 0.957 bits per heavy atom. The van der Waals surface area contributed by atoms with Crippen LogP contribution in [0.1, 0.15) is 38.4 Å². The lowest BCUT2D eigenvalue weighted by Crippen LogP contribution is -2.05. The molecule has 0 saturated carbocycles. The first-order valence-electron chi connectivity index (χ1n) is 8.34. The SMILES string of the molecule is CC.CC(=O)CCc1cc2ccccc2n1Cc1ccccc1. The van der Waals surface area contributed by atoms with Gasteiger partial charge in [0.1, 0.15) is 5.78 Å². The van der Waals surface area contributed by atoms with Gasteiger partial charge in [-0.15, -0.1) is 0 Å². The third-order valence-corrected chi connectivity index (χ3v) is 3.81. The number of carbonyl (C=O) groups excluding carboxylic acids is 1. The Labute approximate surface area is 138 Å². The van der Waals surface area contributed by atoms with E-state index >= 15 is 0 Å². The van der Waals surface area contributed by atoms with Gasteiger partial charge in [0.25, 0.3) is 0 Å². The van der Waals surface area contributed by atoms with Crippen molar-refractivity contribution in [3.05, 3.63) is 71.9 Å². The molecule has 2 aromatic carbocycles. The lowest BCUT2D eigenvalue weighted by atomic mass is 10.1. The van der Waals surface area contributed by atoms with E-state index in [9.17, 15) is 4.79 Å². The molecule has 0 radical (unpaired) electrons. The van der Waals surface area contributed by atoms with Crippen LogP contribution in [0.3, 0.4) is 0 Å². The topological polar surface area (TPSA) is 22.0 Å². The van der Waals surface area contributed by atoms with Gasteiger partial charge in [-0.25, -0.2) is 0 Å². The van der Waals surface area contributed by atoms with Crippen molar-refractivity contribution in [1.29, 1.82) is 0 Å². The molecule has 0 aliphatic rings. The average Bonchev–Trinajstić information content (AvgIpc) is 2.94. The van der Waals surface area contributed by atoms with Gasteiger partial charge in [0.2, 0.25) is 0 Å². The summed E-state index contributed by atoms with van der Waals surface area (Å²) in [6.07, 6.45) is 1.40. The highest BCUT2D eigenvalue weighted by molar-refractivity contribution is 5.82. The quantitative estimate of drug-likeness (QED) is 0.632. The largest absolute Gasteiger partial charge is 0.340 e. The molecule has 0 N–H and O–H groups in total. The number of hydrogen-bond donors (Lipinski definition) is 0. The maximum Gasteiger partial charge on any atom is 0.130 e. The van der Waals surface area contributed by atoms with Crippen molar-refractivity contribution < 1.29 is 4.79 Å². The number of hydrogen-bond acceptors (Lipinski definition) is 1. The molecule has 1 aromatic heterocycles. The average molecular weight is 307 g/mol. The van der Waals surface area contributed by atoms with Gasteiger partial charge in [-0.1, -0.05) is 62.4 Å². The number of benzene rings is 2. The van der Waals surface area contributed by atoms with E-state index < -0.39 is 0 Å². The number of aromatic nitrogens is 1. The molecule has 3 rings (SSSR count). The fourth-order valence-corrected chi connectivity index (χ4v) is 2.73. The molecule has 0 aliphatic heterocycles. The predicted octanol–water partition coefficient (Wildman–Crippen LogP) is 5.24. The van der Waals surface area contributed by atoms with E-state index in [-0.39, 0.29) is 5.78 Å². The number of rotatable bonds is 5. The minimum Gasteiger partial charge on any atom is -0.340 e. The predicted molar refractivity (Wildman–Crippen MR) is 97.8 cm³/mol. The zero-order valence-electron chi connectivity index (χ0n) is 14.3. The van der Waals surface area contributed by atoms with E-state index in [0.717, 1.165) is 13.0 Å². The Kier molecular flexibility index (Phi) is 6.16. The molecular weight excluding hydrogens is 282 g/mol. The number of ketones is 1. The number of fused-ring (bicyclic) bond motifs is 1. The molecule has 120 valence electrons. The minimum absolute atomic E-state index is 0.242. The molecule has 0 amide bonds. The molecule has 0 saturated heterocycles. The molecule has 0 unspecified atom stereocenters. The Hall–Kier alpha value is -2.35. The lowest BCUT2D eigenvalue weighted by molar-refractivity contribution is -0.117. The minimum atomic E-state index is 0.242. The van der Waals surface area contributed by atoms with E-state index in [2.05, 4.69) is 59.2 Å². The van der Waals surface area contributed by atoms with Crippen molar-refractivity contribution in [1.82, 2.24) is 4.57 Å². The van der Waals surface area contributed by atoms with Crippen LogP contribution in [-0.2, 0) is 17.8 Å². The van der Waals surface area contributed by atoms with Crippen molar-refractivity contribution in [2.75, 3.05) is 0 Å². The van der Waals surface area contributed by atoms with Crippen molar-refractivity contribution in [2.24, 2.45) is 0 Å². The van der Waals surface area contributed by atoms with E-state index in [0.29, 0.717) is 6.42 Å². The standard InChI is InChI=1S/C19H19NO.C2H6/c1-15(21)11-12-18-13-17-9-5-6-10-19(17)20(18)14-16-7-3-2-4-8-16;1-2/h2-10,13H,11-12,14H2,1H3;1-2H3. The zero-order valence-corrected chi connectivity index (χ0v) is 14.3. The highest BCUT2D eigenvalue weighted by Gasteiger charge is 2.09. The third-order valence-electron chi connectivity index (χ3n) is 3.81. The van der Waals surface area contributed by atoms with Crippen LogP contribution in [-0.4, -0.2) is 10.4 Å². The van der Waals surface area contributed by atoms with Crippen LogP contribution in [0.4, 0.5) is 0 Å². The third kappa shape index (κ3) is 4.32. The Balaban J connectivity index is 0.000000924. The fourth-order valence-electron chi connectivity index (χ4n) is 2.73. The van der Waals surface area contributed by atoms with Crippen LogP contribution in [0.25, 0.3) is 10.9 Å². The summed E-state index contributed by atoms with van der Waals surface area (Å²) in [6.45, 7) is 6.51. The first-order chi connectivity index (χ1) is 11.2. The second kappa shape index (κ2) is 8.33. The molecule has 3 aromatic rings. The Morgan fingerprint density at radius 3 is 2.30 bits per heavy atom. The van der Waals surface area contributed by atoms with Gasteiger partial charge in [0.15, 0.2) is 0 Å². The van der Waals surface area contributed by atoms with Crippen LogP contribution in [0.15, 0.2) is 60.7 Å². The van der Waals surface area contributed by atoms with Crippen LogP contribution in [0.5, 0.6) is 0 Å². The van der Waals surface area contributed by atoms with Gasteiger partial charge in [0, 0.05) is 24.2 Å². The summed E-state index contributed by atoms with van der Waals surface area (Å²) in [7, 11) is 0. The number of carbonyl (C=O) groups is 1. The Morgan fingerprint density at radius 2 is 1.61 bits per heavy atom. The molecule has 23 heavy (non-hydrogen) atoms. The second-order valence-corrected chi connectivity index (χ2v) is 5.47. The molecule has 0 atom stereocenters. The number of Topliss-reactive ketones (excluding diaryl/α,β-unsaturated/α-hetero) is 1. The fraction of sp³-hybridized carbons (Fsp3) is 0.286. The smallest absolute Gasteiger partial charge is 0.130 e. The van der Waals surface area contributed by atoms with E-state index in [4.69, 9.17) is 0 Å². The van der Waals surface area contributed by atoms with Crippen LogP contribution < -0.4 is 0 Å². The monoisotopic (exact) mass is 307 g/mol. The molecule has 2 nitrogen and oxygen atoms in total. The van der Waals surface area contributed by atoms with E-state index in [1.165, 1.54) is 22.2 Å². The van der Waals surface area contributed by atoms with Crippen LogP contribution >= 0.6 is 0 Å². The normalized spacial score (nSPS) is 10.2. The summed E-state index contributed by atoms with van der Waals surface area (Å²) in [5.74, 6) is 0.242. The number of nitrogens with zero attached hydrogens (tertiary/aromatic N) is 1. The highest BCUT2D eigenvalue weighted by Crippen LogP contribution is 2.22. The van der Waals surface area contributed by atoms with Crippen LogP contribution in [0, 0.1) is 0 Å². The summed E-state index contributed by atoms with van der Waals surface area (Å²) in [5, 5.41) is 1.24. The molecule has 0 spiro atoms. The summed E-state index contributed by atoms with van der Waals surface area (Å²) in [5.41, 5.74) is 3.75. The van der Waals surface area contributed by atoms with Gasteiger partial charge in [-0.3, -0.25) is 0 Å². The summed E-state index contributed by atoms with van der Waals surface area (Å²) in [6, 6.07) is 21.1. The van der Waals surface area contributed by atoms with E-state index in [1.807, 2.05) is 19.9 Å². The van der Waals surface area contributed by atoms with Crippen LogP contribution in [0.2, 0.25) is 0 Å². The van der Waals surface area contributed by atoms with Crippen molar-refractivity contribution in [3.8, 4) is 0 Å². The maximum atomic E-state index is 11.3. The van der Waals surface area contributed by atoms with Crippen molar-refractivity contribution >= 4 is 16.7 Å². The molecule has 0 fully saturated rings. The number of para-hydroxylation sites is 1. The zero-order chi connectivity index (χ0) is 16.7. The van der Waals surface area contributed by atoms with Gasteiger partial charge in [-0.05, 0) is 36.4 Å². The van der Waals surface area contributed by atoms with Crippen molar-refractivity contribution in [3.63, 3.8) is 0 Å². The second-order valence-electron chi connectivity index (χ2n) is 5.47.